The highest BCUT2D eigenvalue weighted by Gasteiger charge is 2.37. The highest BCUT2D eigenvalue weighted by Crippen LogP contribution is 2.31. The molecule has 0 bridgehead atoms. The summed E-state index contributed by atoms with van der Waals surface area (Å²) in [5, 5.41) is 4.55. The van der Waals surface area contributed by atoms with Gasteiger partial charge in [-0.15, -0.1) is 0 Å². The maximum absolute atomic E-state index is 13.1. The molecule has 1 aromatic heterocycles. The number of carbonyl (C=O) groups excluding carboxylic acids is 1. The Hall–Kier alpha value is -2.34. The molecular formula is C20H28N4O2. The van der Waals surface area contributed by atoms with Gasteiger partial charge in [0.15, 0.2) is 11.4 Å². The topological polar surface area (TPSA) is 73.4 Å². The van der Waals surface area contributed by atoms with Crippen LogP contribution in [0.3, 0.4) is 0 Å². The van der Waals surface area contributed by atoms with E-state index in [4.69, 9.17) is 10.5 Å². The minimum atomic E-state index is -0.0874. The first kappa shape index (κ1) is 18.5. The summed E-state index contributed by atoms with van der Waals surface area (Å²) in [7, 11) is 0. The highest BCUT2D eigenvalue weighted by molar-refractivity contribution is 5.95. The molecule has 0 saturated carbocycles. The van der Waals surface area contributed by atoms with E-state index in [0.29, 0.717) is 43.6 Å². The second-order valence-corrected chi connectivity index (χ2v) is 7.82. The summed E-state index contributed by atoms with van der Waals surface area (Å²) >= 11 is 0. The number of hydrogen-bond acceptors (Lipinski definition) is 4. The van der Waals surface area contributed by atoms with E-state index in [2.05, 4.69) is 25.9 Å². The molecule has 1 amide bonds. The predicted octanol–water partition coefficient (Wildman–Crippen LogP) is 2.72. The highest BCUT2D eigenvalue weighted by atomic mass is 16.5. The van der Waals surface area contributed by atoms with Crippen molar-refractivity contribution < 1.29 is 9.53 Å². The fourth-order valence-electron chi connectivity index (χ4n) is 3.09. The van der Waals surface area contributed by atoms with Crippen molar-refractivity contribution in [3.63, 3.8) is 0 Å². The Balaban J connectivity index is 1.89. The lowest BCUT2D eigenvalue weighted by Gasteiger charge is -2.22. The minimum absolute atomic E-state index is 0.0173. The van der Waals surface area contributed by atoms with Crippen LogP contribution < -0.4 is 10.5 Å². The second-order valence-electron chi connectivity index (χ2n) is 7.82. The molecule has 1 saturated heterocycles. The third-order valence-corrected chi connectivity index (χ3v) is 4.81. The second kappa shape index (κ2) is 7.50. The zero-order chi connectivity index (χ0) is 18.7. The smallest absolute Gasteiger partial charge is 0.278 e. The van der Waals surface area contributed by atoms with Gasteiger partial charge < -0.3 is 15.4 Å². The largest absolute Gasteiger partial charge is 0.489 e. The van der Waals surface area contributed by atoms with E-state index < -0.39 is 0 Å². The molecule has 6 nitrogen and oxygen atoms in total. The Bertz CT molecular complexity index is 756. The van der Waals surface area contributed by atoms with Gasteiger partial charge in [0, 0.05) is 13.1 Å². The van der Waals surface area contributed by atoms with Crippen molar-refractivity contribution in [2.45, 2.75) is 27.2 Å². The van der Waals surface area contributed by atoms with E-state index in [0.717, 1.165) is 12.1 Å². The summed E-state index contributed by atoms with van der Waals surface area (Å²) in [5.41, 5.74) is 7.13. The summed E-state index contributed by atoms with van der Waals surface area (Å²) in [6, 6.07) is 9.75. The predicted molar refractivity (Wildman–Crippen MR) is 102 cm³/mol. The normalized spacial score (nSPS) is 20.0. The lowest BCUT2D eigenvalue weighted by atomic mass is 9.90. The van der Waals surface area contributed by atoms with Crippen molar-refractivity contribution in [2.75, 3.05) is 26.2 Å². The molecule has 3 rings (SSSR count). The Morgan fingerprint density at radius 1 is 1.35 bits per heavy atom. The van der Waals surface area contributed by atoms with Gasteiger partial charge in [-0.2, -0.15) is 5.10 Å². The molecule has 2 aromatic rings. The molecular weight excluding hydrogens is 328 g/mol. The van der Waals surface area contributed by atoms with Crippen LogP contribution in [0.5, 0.6) is 5.75 Å². The molecule has 1 unspecified atom stereocenters. The molecule has 1 fully saturated rings. The van der Waals surface area contributed by atoms with Gasteiger partial charge in [0.2, 0.25) is 0 Å². The van der Waals surface area contributed by atoms with Crippen LogP contribution >= 0.6 is 0 Å². The van der Waals surface area contributed by atoms with Gasteiger partial charge in [-0.3, -0.25) is 4.79 Å². The Kier molecular flexibility index (Phi) is 5.32. The quantitative estimate of drug-likeness (QED) is 0.864. The average molecular weight is 356 g/mol. The lowest BCUT2D eigenvalue weighted by Crippen LogP contribution is -2.35. The fraction of sp³-hybridized carbons (Fsp3) is 0.500. The number of hydrogen-bond donors (Lipinski definition) is 1. The number of likely N-dealkylation sites (tertiary alicyclic amines) is 1. The first-order valence-electron chi connectivity index (χ1n) is 9.19. The van der Waals surface area contributed by atoms with Crippen LogP contribution in [0.2, 0.25) is 0 Å². The fourth-order valence-corrected chi connectivity index (χ4v) is 3.09. The molecule has 0 aliphatic carbocycles. The Morgan fingerprint density at radius 2 is 2.08 bits per heavy atom. The van der Waals surface area contributed by atoms with Gasteiger partial charge in [-0.05, 0) is 36.4 Å². The van der Waals surface area contributed by atoms with Crippen LogP contribution in [0.15, 0.2) is 36.5 Å². The molecule has 1 atom stereocenters. The van der Waals surface area contributed by atoms with E-state index in [9.17, 15) is 4.79 Å². The molecule has 0 radical (unpaired) electrons. The molecule has 26 heavy (non-hydrogen) atoms. The molecule has 0 spiro atoms. The number of amides is 1. The zero-order valence-corrected chi connectivity index (χ0v) is 15.8. The van der Waals surface area contributed by atoms with Gasteiger partial charge in [0.05, 0.1) is 18.5 Å². The number of rotatable bonds is 6. The third-order valence-electron chi connectivity index (χ3n) is 4.81. The van der Waals surface area contributed by atoms with Crippen molar-refractivity contribution >= 4 is 5.91 Å². The van der Waals surface area contributed by atoms with Crippen LogP contribution in [0, 0.1) is 11.3 Å². The number of carbonyl (C=O) groups is 1. The standard InChI is InChI=1S/C20H28N4O2/c1-15(2)12-26-17-11-24(16-7-5-4-6-8-16)22-18(17)19(25)23-10-9-20(3,13-21)14-23/h4-8,11,15H,9-10,12-14,21H2,1-3H3. The molecule has 2 N–H and O–H groups in total. The van der Waals surface area contributed by atoms with Crippen LogP contribution in [0.1, 0.15) is 37.7 Å². The van der Waals surface area contributed by atoms with Gasteiger partial charge in [0.1, 0.15) is 0 Å². The number of benzene rings is 1. The summed E-state index contributed by atoms with van der Waals surface area (Å²) in [4.78, 5) is 14.9. The molecule has 1 aromatic carbocycles. The molecule has 1 aliphatic heterocycles. The number of para-hydroxylation sites is 1. The van der Waals surface area contributed by atoms with Gasteiger partial charge in [-0.1, -0.05) is 39.0 Å². The van der Waals surface area contributed by atoms with Crippen LogP contribution in [-0.2, 0) is 0 Å². The molecule has 140 valence electrons. The number of aromatic nitrogens is 2. The van der Waals surface area contributed by atoms with Gasteiger partial charge >= 0.3 is 0 Å². The lowest BCUT2D eigenvalue weighted by molar-refractivity contribution is 0.0765. The molecule has 1 aliphatic rings. The first-order valence-corrected chi connectivity index (χ1v) is 9.19. The van der Waals surface area contributed by atoms with Crippen LogP contribution in [0.25, 0.3) is 5.69 Å². The minimum Gasteiger partial charge on any atom is -0.489 e. The van der Waals surface area contributed by atoms with Crippen LogP contribution in [0.4, 0.5) is 0 Å². The zero-order valence-electron chi connectivity index (χ0n) is 15.8. The van der Waals surface area contributed by atoms with Crippen LogP contribution in [-0.4, -0.2) is 46.8 Å². The number of nitrogens with zero attached hydrogens (tertiary/aromatic N) is 3. The number of nitrogens with two attached hydrogens (primary N) is 1. The molecule has 6 heteroatoms. The van der Waals surface area contributed by atoms with E-state index in [1.54, 1.807) is 10.9 Å². The Morgan fingerprint density at radius 3 is 2.69 bits per heavy atom. The van der Waals surface area contributed by atoms with Crippen molar-refractivity contribution in [1.82, 2.24) is 14.7 Å². The van der Waals surface area contributed by atoms with E-state index in [1.807, 2.05) is 35.2 Å². The van der Waals surface area contributed by atoms with E-state index in [-0.39, 0.29) is 11.3 Å². The summed E-state index contributed by atoms with van der Waals surface area (Å²) in [6.07, 6.45) is 2.71. The van der Waals surface area contributed by atoms with E-state index in [1.165, 1.54) is 0 Å². The molecule has 2 heterocycles. The van der Waals surface area contributed by atoms with Crippen molar-refractivity contribution in [3.05, 3.63) is 42.2 Å². The van der Waals surface area contributed by atoms with E-state index >= 15 is 0 Å². The van der Waals surface area contributed by atoms with Gasteiger partial charge in [-0.25, -0.2) is 4.68 Å². The summed E-state index contributed by atoms with van der Waals surface area (Å²) in [5.74, 6) is 0.815. The number of ether oxygens (including phenoxy) is 1. The average Bonchev–Trinajstić information content (AvgIpc) is 3.25. The Labute approximate surface area is 154 Å². The van der Waals surface area contributed by atoms with Crippen molar-refractivity contribution in [3.8, 4) is 11.4 Å². The SMILES string of the molecule is CC(C)COc1cn(-c2ccccc2)nc1C(=O)N1CCC(C)(CN)C1. The maximum atomic E-state index is 13.1. The summed E-state index contributed by atoms with van der Waals surface area (Å²) in [6.45, 7) is 8.76. The van der Waals surface area contributed by atoms with Crippen molar-refractivity contribution in [2.24, 2.45) is 17.1 Å². The first-order chi connectivity index (χ1) is 12.4. The maximum Gasteiger partial charge on any atom is 0.278 e. The van der Waals surface area contributed by atoms with Crippen molar-refractivity contribution in [1.29, 1.82) is 0 Å². The van der Waals surface area contributed by atoms with Gasteiger partial charge in [0.25, 0.3) is 5.91 Å². The summed E-state index contributed by atoms with van der Waals surface area (Å²) < 4.78 is 7.61. The third kappa shape index (κ3) is 3.90. The monoisotopic (exact) mass is 356 g/mol.